The van der Waals surface area contributed by atoms with E-state index in [0.717, 1.165) is 70.4 Å². The third-order valence-electron chi connectivity index (χ3n) is 32.2. The van der Waals surface area contributed by atoms with Gasteiger partial charge in [-0.25, -0.2) is 0 Å². The third kappa shape index (κ3) is 15.1. The molecule has 2 aromatic rings. The summed E-state index contributed by atoms with van der Waals surface area (Å²) in [6.45, 7) is 48.9. The lowest BCUT2D eigenvalue weighted by Crippen LogP contribution is -2.64. The average molecular weight is 1440 g/mol. The number of ether oxygens (including phenoxy) is 4. The standard InChI is InChI=1S/C33H49NO2.C30H45NO2.C23H37NO2.C2H4O2.5CH4/c1-20(2)23-11-9-22(10-12-23)19-34-24-14-16-33(7)26-15-17-32(6)21(3)8-13-25(32)28(26)30-29(27(33)18-24)35-31(4,5)36-30;1-18(2)21-9-7-20(8-10-21)17-31-22-12-14-30(5)24-13-15-29(4)19(3)6-11-23(29)26(24)28(33)27(32)25(30)16-22;1-13-6-7-15-18-16(9-11-22(13,15)4)23(5)10-8-14(24)12-17(23)19-20(18)26-21(2,3)25-19;1-2(3)4;;;;;/h9-12,20,24-30,34H,3,8,13-19H2,1-2,4-7H3;7-10,18,22-28,31-33H,3,6,11-17H2,1-2,4-5H3;14-20H,1,6-12,24H2,2-5H3;1H3,(H,3,4);5*1H4/t24-,25?,26?,27?,28?,29-,30-,32-,33-;22-,23?,24?,25?,26?,27-,28-,29-,30-;14-,15?,16?,17?,18?,19-,20-,22-,23-;;;;;;/m111....../s1. The van der Waals surface area contributed by atoms with E-state index in [9.17, 15) is 10.2 Å². The van der Waals surface area contributed by atoms with Crippen molar-refractivity contribution in [2.75, 3.05) is 0 Å². The Balaban J connectivity index is 0.000000190. The van der Waals surface area contributed by atoms with Crippen LogP contribution in [-0.4, -0.2) is 87.6 Å². The molecule has 2 saturated heterocycles. The molecule has 16 rings (SSSR count). The highest BCUT2D eigenvalue weighted by atomic mass is 16.8. The third-order valence-corrected chi connectivity index (χ3v) is 32.2. The quantitative estimate of drug-likeness (QED) is 0.139. The second-order valence-electron chi connectivity index (χ2n) is 38.7. The lowest BCUT2D eigenvalue weighted by molar-refractivity contribution is -0.211. The van der Waals surface area contributed by atoms with Gasteiger partial charge in [-0.2, -0.15) is 0 Å². The molecule has 590 valence electrons. The predicted molar refractivity (Wildman–Crippen MR) is 432 cm³/mol. The molecule has 0 bridgehead atoms. The Labute approximate surface area is 635 Å². The summed E-state index contributed by atoms with van der Waals surface area (Å²) in [5.41, 5.74) is 17.9. The number of fused-ring (bicyclic) bond motifs is 21. The summed E-state index contributed by atoms with van der Waals surface area (Å²) in [5.74, 6) is 6.04. The highest BCUT2D eigenvalue weighted by Gasteiger charge is 2.71. The predicted octanol–water partition coefficient (Wildman–Crippen LogP) is 21.3. The summed E-state index contributed by atoms with van der Waals surface area (Å²) in [5, 5.41) is 38.0. The highest BCUT2D eigenvalue weighted by molar-refractivity contribution is 5.63. The first kappa shape index (κ1) is 86.4. The van der Waals surface area contributed by atoms with E-state index < -0.39 is 29.8 Å². The molecule has 104 heavy (non-hydrogen) atoms. The van der Waals surface area contributed by atoms with Crippen molar-refractivity contribution in [3.8, 4) is 0 Å². The Morgan fingerprint density at radius 2 is 0.760 bits per heavy atom. The maximum absolute atomic E-state index is 11.4. The van der Waals surface area contributed by atoms with Crippen molar-refractivity contribution in [2.24, 2.45) is 109 Å². The van der Waals surface area contributed by atoms with Gasteiger partial charge < -0.3 is 50.6 Å². The van der Waals surface area contributed by atoms with Gasteiger partial charge in [0.2, 0.25) is 0 Å². The van der Waals surface area contributed by atoms with Crippen molar-refractivity contribution in [2.45, 2.75) is 367 Å². The van der Waals surface area contributed by atoms with Crippen molar-refractivity contribution in [1.82, 2.24) is 10.6 Å². The van der Waals surface area contributed by atoms with Crippen LogP contribution in [-0.2, 0) is 36.8 Å². The molecule has 12 aliphatic carbocycles. The van der Waals surface area contributed by atoms with Crippen LogP contribution in [0.25, 0.3) is 0 Å². The number of allylic oxidation sites excluding steroid dienone is 3. The zero-order valence-electron chi connectivity index (χ0n) is 64.2. The van der Waals surface area contributed by atoms with Crippen LogP contribution >= 0.6 is 0 Å². The van der Waals surface area contributed by atoms with Crippen molar-refractivity contribution in [3.63, 3.8) is 0 Å². The van der Waals surface area contributed by atoms with E-state index in [4.69, 9.17) is 34.6 Å². The Hall–Kier alpha value is -3.23. The molecule has 14 aliphatic rings. The summed E-state index contributed by atoms with van der Waals surface area (Å²) in [6.07, 6.45) is 25.2. The number of nitrogens with one attached hydrogen (secondary N) is 2. The average Bonchev–Trinajstić information content (AvgIpc) is 1.43. The minimum Gasteiger partial charge on any atom is -0.481 e. The Kier molecular flexibility index (Phi) is 26.5. The van der Waals surface area contributed by atoms with E-state index >= 15 is 0 Å². The molecule has 2 heterocycles. The Morgan fingerprint density at radius 1 is 0.442 bits per heavy atom. The number of carbonyl (C=O) groups is 1. The molecular formula is C93H155N3O8. The van der Waals surface area contributed by atoms with Crippen molar-refractivity contribution >= 4 is 5.97 Å². The summed E-state index contributed by atoms with van der Waals surface area (Å²) in [7, 11) is 0. The van der Waals surface area contributed by atoms with E-state index in [0.29, 0.717) is 99.0 Å². The zero-order valence-corrected chi connectivity index (χ0v) is 64.2. The van der Waals surface area contributed by atoms with Gasteiger partial charge in [0.15, 0.2) is 11.6 Å². The Morgan fingerprint density at radius 3 is 1.13 bits per heavy atom. The Bertz CT molecular complexity index is 3270. The van der Waals surface area contributed by atoms with Crippen LogP contribution in [0.1, 0.15) is 310 Å². The minimum atomic E-state index is -0.833. The van der Waals surface area contributed by atoms with Gasteiger partial charge >= 0.3 is 0 Å². The van der Waals surface area contributed by atoms with E-state index in [-0.39, 0.29) is 84.2 Å². The SMILES string of the molecule is C.C.C.C.C.C=C1CCC2C3C(CC[C@]12C)[C@@]1(C)CC[C@@H](N)CC1[C@H]1OC(C)(C)O[C@H]31.C=C1CCC2C3C(CC[C@]12C)[C@@]1(C)CC[C@@H](NCc2ccc(C(C)C)cc2)CC1[C@@H](O)[C@@H]3O.C=C1CCC2C3C(CC[C@]12C)[C@@]1(C)CC[C@@H](NCc2ccc(C(C)C)cc2)CC1[C@H]1OC(C)(C)O[C@H]31.CC(=O)O. The number of aliphatic hydroxyl groups is 2. The number of hydrogen-bond acceptors (Lipinski definition) is 10. The number of nitrogens with two attached hydrogens (primary N) is 1. The van der Waals surface area contributed by atoms with Gasteiger partial charge in [-0.3, -0.25) is 4.79 Å². The number of aliphatic hydroxyl groups excluding tert-OH is 2. The molecule has 12 saturated carbocycles. The number of rotatable bonds is 8. The second kappa shape index (κ2) is 31.9. The van der Waals surface area contributed by atoms with E-state index in [1.165, 1.54) is 135 Å². The van der Waals surface area contributed by atoms with Gasteiger partial charge in [-0.15, -0.1) is 0 Å². The monoisotopic (exact) mass is 1440 g/mol. The fourth-order valence-corrected chi connectivity index (χ4v) is 26.3. The van der Waals surface area contributed by atoms with Gasteiger partial charge in [0.25, 0.3) is 5.97 Å². The maximum atomic E-state index is 11.4. The normalized spacial score (nSPS) is 44.6. The van der Waals surface area contributed by atoms with Crippen LogP contribution in [0.3, 0.4) is 0 Å². The molecule has 11 nitrogen and oxygen atoms in total. The second-order valence-corrected chi connectivity index (χ2v) is 38.7. The molecule has 0 aromatic heterocycles. The molecule has 14 fully saturated rings. The first-order valence-corrected chi connectivity index (χ1v) is 40.3. The van der Waals surface area contributed by atoms with Crippen LogP contribution in [0, 0.1) is 104 Å². The smallest absolute Gasteiger partial charge is 0.300 e. The van der Waals surface area contributed by atoms with Crippen LogP contribution in [0.2, 0.25) is 0 Å². The van der Waals surface area contributed by atoms with Crippen molar-refractivity contribution < 1.29 is 39.1 Å². The fourth-order valence-electron chi connectivity index (χ4n) is 26.3. The summed E-state index contributed by atoms with van der Waals surface area (Å²) in [4.78, 5) is 9.00. The maximum Gasteiger partial charge on any atom is 0.300 e. The molecule has 2 aromatic carbocycles. The van der Waals surface area contributed by atoms with Crippen LogP contribution < -0.4 is 16.4 Å². The van der Waals surface area contributed by atoms with E-state index in [2.05, 4.69) is 176 Å². The summed E-state index contributed by atoms with van der Waals surface area (Å²) >= 11 is 0. The van der Waals surface area contributed by atoms with Gasteiger partial charge in [0.1, 0.15) is 0 Å². The van der Waals surface area contributed by atoms with Crippen molar-refractivity contribution in [1.29, 1.82) is 0 Å². The van der Waals surface area contributed by atoms with Gasteiger partial charge in [0.05, 0.1) is 36.6 Å². The van der Waals surface area contributed by atoms with Crippen LogP contribution in [0.4, 0.5) is 0 Å². The fraction of sp³-hybridized carbons (Fsp3) is 0.796. The molecule has 12 unspecified atom stereocenters. The number of carboxylic acids is 1. The summed E-state index contributed by atoms with van der Waals surface area (Å²) < 4.78 is 26.9. The van der Waals surface area contributed by atoms with E-state index in [1.807, 2.05) is 0 Å². The molecule has 0 spiro atoms. The number of hydrogen-bond donors (Lipinski definition) is 6. The van der Waals surface area contributed by atoms with E-state index in [1.54, 1.807) is 0 Å². The lowest BCUT2D eigenvalue weighted by Gasteiger charge is -2.63. The first-order valence-electron chi connectivity index (χ1n) is 40.3. The number of carboxylic acid groups (broad SMARTS) is 1. The summed E-state index contributed by atoms with van der Waals surface area (Å²) in [6, 6.07) is 19.5. The molecular weight excluding hydrogens is 1290 g/mol. The molecule has 7 N–H and O–H groups in total. The molecule has 2 aliphatic heterocycles. The largest absolute Gasteiger partial charge is 0.481 e. The van der Waals surface area contributed by atoms with Gasteiger partial charge in [-0.1, -0.05) is 191 Å². The zero-order chi connectivity index (χ0) is 71.1. The number of aliphatic carboxylic acids is 1. The molecule has 0 amide bonds. The van der Waals surface area contributed by atoms with Gasteiger partial charge in [-0.05, 0) is 300 Å². The number of benzene rings is 2. The molecule has 27 atom stereocenters. The lowest BCUT2D eigenvalue weighted by atomic mass is 9.43. The molecule has 11 heteroatoms. The van der Waals surface area contributed by atoms with Gasteiger partial charge in [0, 0.05) is 38.1 Å². The highest BCUT2D eigenvalue weighted by Crippen LogP contribution is 2.72. The topological polar surface area (TPSA) is 165 Å². The van der Waals surface area contributed by atoms with Crippen LogP contribution in [0.5, 0.6) is 0 Å². The first-order chi connectivity index (χ1) is 46.6. The van der Waals surface area contributed by atoms with Crippen molar-refractivity contribution in [3.05, 3.63) is 107 Å². The molecule has 0 radical (unpaired) electrons. The van der Waals surface area contributed by atoms with Crippen LogP contribution in [0.15, 0.2) is 85.0 Å². The minimum absolute atomic E-state index is 0.